The molecular formula is C18H10F2N4O6. The van der Waals surface area contributed by atoms with E-state index in [1.807, 2.05) is 0 Å². The molecule has 2 heterocycles. The molecule has 0 aliphatic rings. The van der Waals surface area contributed by atoms with Crippen molar-refractivity contribution in [2.45, 2.75) is 6.54 Å². The Morgan fingerprint density at radius 2 is 1.97 bits per heavy atom. The molecule has 0 atom stereocenters. The summed E-state index contributed by atoms with van der Waals surface area (Å²) in [5.41, 5.74) is -0.752. The molecule has 152 valence electrons. The summed E-state index contributed by atoms with van der Waals surface area (Å²) in [6.45, 7) is -0.518. The van der Waals surface area contributed by atoms with Gasteiger partial charge in [-0.25, -0.2) is 13.6 Å². The molecule has 0 saturated heterocycles. The smallest absolute Gasteiger partial charge is 0.420 e. The lowest BCUT2D eigenvalue weighted by molar-refractivity contribution is -0.384. The van der Waals surface area contributed by atoms with Gasteiger partial charge in [-0.1, -0.05) is 6.07 Å². The van der Waals surface area contributed by atoms with Gasteiger partial charge in [0.15, 0.2) is 5.58 Å². The van der Waals surface area contributed by atoms with Crippen LogP contribution >= 0.6 is 0 Å². The summed E-state index contributed by atoms with van der Waals surface area (Å²) in [6, 6.07) is 6.45. The average molecular weight is 416 g/mol. The topological polar surface area (TPSA) is 133 Å². The van der Waals surface area contributed by atoms with Gasteiger partial charge in [-0.15, -0.1) is 0 Å². The fourth-order valence-electron chi connectivity index (χ4n) is 2.81. The zero-order valence-corrected chi connectivity index (χ0v) is 14.8. The van der Waals surface area contributed by atoms with Gasteiger partial charge in [-0.05, 0) is 18.2 Å². The first-order valence-corrected chi connectivity index (χ1v) is 8.31. The van der Waals surface area contributed by atoms with E-state index in [9.17, 15) is 28.5 Å². The number of oxazole rings is 2. The second kappa shape index (κ2) is 7.24. The average Bonchev–Trinajstić information content (AvgIpc) is 3.25. The third-order valence-corrected chi connectivity index (χ3v) is 4.13. The van der Waals surface area contributed by atoms with Crippen molar-refractivity contribution in [2.24, 2.45) is 0 Å². The number of nitrogens with zero attached hydrogens (tertiary/aromatic N) is 3. The predicted molar refractivity (Wildman–Crippen MR) is 97.6 cm³/mol. The van der Waals surface area contributed by atoms with Crippen LogP contribution in [0.2, 0.25) is 0 Å². The third kappa shape index (κ3) is 3.41. The number of nitrogens with one attached hydrogen (secondary N) is 1. The number of nitro groups is 1. The van der Waals surface area contributed by atoms with Crippen LogP contribution in [0.4, 0.5) is 20.5 Å². The van der Waals surface area contributed by atoms with Gasteiger partial charge in [-0.2, -0.15) is 4.98 Å². The summed E-state index contributed by atoms with van der Waals surface area (Å²) in [6.07, 6.45) is 0.968. The van der Waals surface area contributed by atoms with E-state index in [0.29, 0.717) is 0 Å². The Morgan fingerprint density at radius 1 is 1.23 bits per heavy atom. The number of amides is 1. The van der Waals surface area contributed by atoms with Crippen molar-refractivity contribution in [3.05, 3.63) is 75.0 Å². The molecular weight excluding hydrogens is 406 g/mol. The molecule has 2 aromatic heterocycles. The standard InChI is InChI=1S/C18H10F2N4O6/c19-10-2-1-3-11(20)16(10)12-8-29-17(21-12)22-15(25)7-23-13-5-4-9(24(27)28)6-14(13)30-18(23)26/h1-6,8H,7H2,(H,21,22,25). The molecule has 1 amide bonds. The Hall–Kier alpha value is -4.35. The number of rotatable bonds is 5. The monoisotopic (exact) mass is 416 g/mol. The lowest BCUT2D eigenvalue weighted by Gasteiger charge is -2.02. The third-order valence-electron chi connectivity index (χ3n) is 4.13. The molecule has 0 unspecified atom stereocenters. The maximum Gasteiger partial charge on any atom is 0.420 e. The van der Waals surface area contributed by atoms with Gasteiger partial charge in [0.05, 0.1) is 22.1 Å². The SMILES string of the molecule is O=C(Cn1c(=O)oc2cc([N+](=O)[O-])ccc21)Nc1nc(-c2c(F)cccc2F)co1. The number of non-ortho nitro benzene ring substituents is 1. The van der Waals surface area contributed by atoms with Crippen LogP contribution in [0.25, 0.3) is 22.4 Å². The van der Waals surface area contributed by atoms with Crippen molar-refractivity contribution in [2.75, 3.05) is 5.32 Å². The zero-order valence-electron chi connectivity index (χ0n) is 14.8. The fraction of sp³-hybridized carbons (Fsp3) is 0.0556. The summed E-state index contributed by atoms with van der Waals surface area (Å²) in [5.74, 6) is -3.36. The van der Waals surface area contributed by atoms with E-state index < -0.39 is 40.3 Å². The Labute approximate surface area is 164 Å². The van der Waals surface area contributed by atoms with E-state index in [1.165, 1.54) is 12.1 Å². The van der Waals surface area contributed by atoms with Crippen LogP contribution in [-0.4, -0.2) is 20.4 Å². The van der Waals surface area contributed by atoms with Crippen molar-refractivity contribution in [1.29, 1.82) is 0 Å². The second-order valence-electron chi connectivity index (χ2n) is 6.05. The van der Waals surface area contributed by atoms with Crippen LogP contribution in [0, 0.1) is 21.7 Å². The fourth-order valence-corrected chi connectivity index (χ4v) is 2.81. The van der Waals surface area contributed by atoms with Gasteiger partial charge >= 0.3 is 11.8 Å². The van der Waals surface area contributed by atoms with Gasteiger partial charge in [0.25, 0.3) is 5.69 Å². The Kier molecular flexibility index (Phi) is 4.58. The number of fused-ring (bicyclic) bond motifs is 1. The Morgan fingerprint density at radius 3 is 2.67 bits per heavy atom. The maximum absolute atomic E-state index is 13.8. The highest BCUT2D eigenvalue weighted by atomic mass is 19.1. The van der Waals surface area contributed by atoms with Gasteiger partial charge in [0, 0.05) is 6.07 Å². The molecule has 4 aromatic rings. The molecule has 12 heteroatoms. The van der Waals surface area contributed by atoms with Gasteiger partial charge in [0.1, 0.15) is 30.1 Å². The number of hydrogen-bond acceptors (Lipinski definition) is 7. The van der Waals surface area contributed by atoms with Crippen LogP contribution in [0.5, 0.6) is 0 Å². The number of aromatic nitrogens is 2. The molecule has 0 bridgehead atoms. The van der Waals surface area contributed by atoms with Crippen LogP contribution in [-0.2, 0) is 11.3 Å². The number of hydrogen-bond donors (Lipinski definition) is 1. The molecule has 2 aromatic carbocycles. The first kappa shape index (κ1) is 19.0. The number of nitro benzene ring substituents is 1. The highest BCUT2D eigenvalue weighted by Gasteiger charge is 2.19. The van der Waals surface area contributed by atoms with E-state index >= 15 is 0 Å². The molecule has 1 N–H and O–H groups in total. The lowest BCUT2D eigenvalue weighted by atomic mass is 10.1. The first-order chi connectivity index (χ1) is 14.3. The van der Waals surface area contributed by atoms with Crippen molar-refractivity contribution in [3.63, 3.8) is 0 Å². The van der Waals surface area contributed by atoms with E-state index in [1.54, 1.807) is 0 Å². The highest BCUT2D eigenvalue weighted by Crippen LogP contribution is 2.26. The van der Waals surface area contributed by atoms with E-state index in [0.717, 1.165) is 35.1 Å². The molecule has 0 spiro atoms. The second-order valence-corrected chi connectivity index (χ2v) is 6.05. The maximum atomic E-state index is 13.8. The van der Waals surface area contributed by atoms with E-state index in [4.69, 9.17) is 8.83 Å². The van der Waals surface area contributed by atoms with Gasteiger partial charge in [0.2, 0.25) is 5.91 Å². The summed E-state index contributed by atoms with van der Waals surface area (Å²) >= 11 is 0. The lowest BCUT2D eigenvalue weighted by Crippen LogP contribution is -2.24. The van der Waals surface area contributed by atoms with Gasteiger partial charge in [-0.3, -0.25) is 24.8 Å². The minimum Gasteiger partial charge on any atom is -0.431 e. The van der Waals surface area contributed by atoms with E-state index in [-0.39, 0.29) is 28.5 Å². The molecule has 0 saturated carbocycles. The molecule has 4 rings (SSSR count). The molecule has 10 nitrogen and oxygen atoms in total. The summed E-state index contributed by atoms with van der Waals surface area (Å²) in [4.78, 5) is 38.2. The Bertz CT molecular complexity index is 1340. The normalized spacial score (nSPS) is 11.0. The largest absolute Gasteiger partial charge is 0.431 e. The number of benzene rings is 2. The summed E-state index contributed by atoms with van der Waals surface area (Å²) < 4.78 is 38.6. The van der Waals surface area contributed by atoms with Crippen LogP contribution < -0.4 is 11.1 Å². The zero-order chi connectivity index (χ0) is 21.4. The molecule has 0 aliphatic carbocycles. The minimum absolute atomic E-state index is 0.0598. The summed E-state index contributed by atoms with van der Waals surface area (Å²) in [5, 5.41) is 13.1. The van der Waals surface area contributed by atoms with Crippen LogP contribution in [0.1, 0.15) is 0 Å². The van der Waals surface area contributed by atoms with Crippen LogP contribution in [0.15, 0.2) is 56.3 Å². The number of carbonyl (C=O) groups excluding carboxylic acids is 1. The summed E-state index contributed by atoms with van der Waals surface area (Å²) in [7, 11) is 0. The van der Waals surface area contributed by atoms with Gasteiger partial charge < -0.3 is 8.83 Å². The number of carbonyl (C=O) groups is 1. The van der Waals surface area contributed by atoms with Crippen molar-refractivity contribution in [1.82, 2.24) is 9.55 Å². The first-order valence-electron chi connectivity index (χ1n) is 8.31. The van der Waals surface area contributed by atoms with Crippen molar-refractivity contribution >= 4 is 28.7 Å². The molecule has 0 aliphatic heterocycles. The number of halogens is 2. The predicted octanol–water partition coefficient (Wildman–Crippen LogP) is 3.07. The quantitative estimate of drug-likeness (QED) is 0.390. The van der Waals surface area contributed by atoms with Crippen molar-refractivity contribution in [3.8, 4) is 11.3 Å². The Balaban J connectivity index is 1.55. The number of anilines is 1. The minimum atomic E-state index is -0.901. The van der Waals surface area contributed by atoms with Crippen LogP contribution in [0.3, 0.4) is 0 Å². The molecule has 0 radical (unpaired) electrons. The van der Waals surface area contributed by atoms with E-state index in [2.05, 4.69) is 10.3 Å². The molecule has 30 heavy (non-hydrogen) atoms. The highest BCUT2D eigenvalue weighted by molar-refractivity contribution is 5.90. The molecule has 0 fully saturated rings. The van der Waals surface area contributed by atoms with Crippen molar-refractivity contribution < 1.29 is 27.3 Å².